The number of rotatable bonds is 4. The minimum Gasteiger partial charge on any atom is -0.350 e. The van der Waals surface area contributed by atoms with E-state index < -0.39 is 23.2 Å². The van der Waals surface area contributed by atoms with Crippen LogP contribution in [0, 0.1) is 0 Å². The van der Waals surface area contributed by atoms with Crippen molar-refractivity contribution in [3.8, 4) is 0 Å². The van der Waals surface area contributed by atoms with Crippen molar-refractivity contribution < 1.29 is 22.8 Å². The van der Waals surface area contributed by atoms with Crippen LogP contribution in [0.4, 0.5) is 13.2 Å². The van der Waals surface area contributed by atoms with E-state index >= 15 is 0 Å². The van der Waals surface area contributed by atoms with Crippen LogP contribution < -0.4 is 5.32 Å². The largest absolute Gasteiger partial charge is 0.416 e. The normalized spacial score (nSPS) is 12.0. The van der Waals surface area contributed by atoms with Crippen LogP contribution >= 0.6 is 0 Å². The van der Waals surface area contributed by atoms with Gasteiger partial charge in [0.15, 0.2) is 0 Å². The molecule has 23 heavy (non-hydrogen) atoms. The molecular formula is C16H21F3N2O2. The molecule has 4 nitrogen and oxygen atoms in total. The van der Waals surface area contributed by atoms with Crippen molar-refractivity contribution in [1.29, 1.82) is 0 Å². The van der Waals surface area contributed by atoms with Gasteiger partial charge in [-0.05, 0) is 52.0 Å². The first-order chi connectivity index (χ1) is 10.4. The maximum Gasteiger partial charge on any atom is 0.416 e. The number of carbonyl (C=O) groups is 2. The Hall–Kier alpha value is -2.05. The molecule has 0 saturated carbocycles. The first-order valence-corrected chi connectivity index (χ1v) is 7.21. The van der Waals surface area contributed by atoms with Crippen LogP contribution in [-0.2, 0) is 11.0 Å². The fraction of sp³-hybridized carbons (Fsp3) is 0.500. The maximum absolute atomic E-state index is 12.5. The number of amides is 2. The lowest BCUT2D eigenvalue weighted by molar-refractivity contribution is -0.137. The molecule has 2 amide bonds. The van der Waals surface area contributed by atoms with E-state index in [1.54, 1.807) is 6.92 Å². The van der Waals surface area contributed by atoms with Gasteiger partial charge in [0.05, 0.1) is 12.1 Å². The second-order valence-electron chi connectivity index (χ2n) is 6.19. The average Bonchev–Trinajstić information content (AvgIpc) is 2.41. The van der Waals surface area contributed by atoms with Gasteiger partial charge in [-0.1, -0.05) is 0 Å². The fourth-order valence-corrected chi connectivity index (χ4v) is 1.94. The lowest BCUT2D eigenvalue weighted by Gasteiger charge is -2.25. The molecule has 1 N–H and O–H groups in total. The predicted molar refractivity (Wildman–Crippen MR) is 80.9 cm³/mol. The van der Waals surface area contributed by atoms with Crippen LogP contribution in [0.5, 0.6) is 0 Å². The van der Waals surface area contributed by atoms with Crippen LogP contribution in [0.2, 0.25) is 0 Å². The summed E-state index contributed by atoms with van der Waals surface area (Å²) in [5.41, 5.74) is -1.13. The standard InChI is InChI=1S/C16H21F3N2O2/c1-5-21(10-13(22)20-15(2,3)4)14(23)11-6-8-12(9-7-11)16(17,18)19/h6-9H,5,10H2,1-4H3,(H,20,22). The van der Waals surface area contributed by atoms with Crippen LogP contribution in [0.15, 0.2) is 24.3 Å². The van der Waals surface area contributed by atoms with Crippen molar-refractivity contribution >= 4 is 11.8 Å². The molecule has 0 aromatic heterocycles. The Morgan fingerprint density at radius 2 is 1.61 bits per heavy atom. The van der Waals surface area contributed by atoms with Gasteiger partial charge < -0.3 is 10.2 Å². The first-order valence-electron chi connectivity index (χ1n) is 7.21. The van der Waals surface area contributed by atoms with Gasteiger partial charge in [-0.3, -0.25) is 9.59 Å². The van der Waals surface area contributed by atoms with Crippen molar-refractivity contribution in [1.82, 2.24) is 10.2 Å². The molecule has 1 rings (SSSR count). The van der Waals surface area contributed by atoms with E-state index in [4.69, 9.17) is 0 Å². The Kier molecular flexibility index (Phi) is 5.80. The molecule has 1 aromatic rings. The van der Waals surface area contributed by atoms with E-state index in [0.29, 0.717) is 0 Å². The first kappa shape index (κ1) is 19.0. The van der Waals surface area contributed by atoms with E-state index in [1.165, 1.54) is 4.90 Å². The molecule has 0 aliphatic carbocycles. The summed E-state index contributed by atoms with van der Waals surface area (Å²) in [5.74, 6) is -0.801. The van der Waals surface area contributed by atoms with E-state index in [1.807, 2.05) is 20.8 Å². The number of hydrogen-bond donors (Lipinski definition) is 1. The zero-order chi connectivity index (χ0) is 17.8. The smallest absolute Gasteiger partial charge is 0.350 e. The number of likely N-dealkylation sites (N-methyl/N-ethyl adjacent to an activating group) is 1. The lowest BCUT2D eigenvalue weighted by atomic mass is 10.1. The number of alkyl halides is 3. The van der Waals surface area contributed by atoms with Crippen LogP contribution in [-0.4, -0.2) is 35.3 Å². The summed E-state index contributed by atoms with van der Waals surface area (Å²) in [5, 5.41) is 2.74. The molecule has 0 bridgehead atoms. The van der Waals surface area contributed by atoms with Gasteiger partial charge in [-0.25, -0.2) is 0 Å². The number of nitrogens with one attached hydrogen (secondary N) is 1. The molecule has 0 atom stereocenters. The van der Waals surface area contributed by atoms with Crippen LogP contribution in [0.25, 0.3) is 0 Å². The highest BCUT2D eigenvalue weighted by Crippen LogP contribution is 2.29. The summed E-state index contributed by atoms with van der Waals surface area (Å²) in [7, 11) is 0. The molecule has 0 saturated heterocycles. The molecular weight excluding hydrogens is 309 g/mol. The van der Waals surface area contributed by atoms with E-state index in [9.17, 15) is 22.8 Å². The van der Waals surface area contributed by atoms with Gasteiger partial charge in [-0.2, -0.15) is 13.2 Å². The van der Waals surface area contributed by atoms with Gasteiger partial charge in [0.1, 0.15) is 0 Å². The topological polar surface area (TPSA) is 49.4 Å². The van der Waals surface area contributed by atoms with Crippen molar-refractivity contribution in [2.45, 2.75) is 39.4 Å². The molecule has 128 valence electrons. The average molecular weight is 330 g/mol. The maximum atomic E-state index is 12.5. The number of nitrogens with zero attached hydrogens (tertiary/aromatic N) is 1. The molecule has 7 heteroatoms. The molecule has 0 unspecified atom stereocenters. The summed E-state index contributed by atoms with van der Waals surface area (Å²) in [6.45, 7) is 7.29. The molecule has 0 fully saturated rings. The SMILES string of the molecule is CCN(CC(=O)NC(C)(C)C)C(=O)c1ccc(C(F)(F)F)cc1. The molecule has 1 aromatic carbocycles. The molecule has 0 aliphatic heterocycles. The number of carbonyl (C=O) groups excluding carboxylic acids is 2. The van der Waals surface area contributed by atoms with E-state index in [-0.39, 0.29) is 24.6 Å². The van der Waals surface area contributed by atoms with Crippen molar-refractivity contribution in [2.24, 2.45) is 0 Å². The van der Waals surface area contributed by atoms with Gasteiger partial charge in [-0.15, -0.1) is 0 Å². The Bertz CT molecular complexity index is 560. The quantitative estimate of drug-likeness (QED) is 0.922. The highest BCUT2D eigenvalue weighted by molar-refractivity contribution is 5.96. The molecule has 0 spiro atoms. The molecule has 0 radical (unpaired) electrons. The highest BCUT2D eigenvalue weighted by Gasteiger charge is 2.30. The number of benzene rings is 1. The Morgan fingerprint density at radius 1 is 1.09 bits per heavy atom. The lowest BCUT2D eigenvalue weighted by Crippen LogP contribution is -2.47. The van der Waals surface area contributed by atoms with Crippen molar-refractivity contribution in [3.63, 3.8) is 0 Å². The van der Waals surface area contributed by atoms with Crippen molar-refractivity contribution in [3.05, 3.63) is 35.4 Å². The second kappa shape index (κ2) is 7.02. The number of hydrogen-bond acceptors (Lipinski definition) is 2. The monoisotopic (exact) mass is 330 g/mol. The summed E-state index contributed by atoms with van der Waals surface area (Å²) in [6, 6.07) is 3.96. The zero-order valence-electron chi connectivity index (χ0n) is 13.6. The summed E-state index contributed by atoms with van der Waals surface area (Å²) in [4.78, 5) is 25.5. The fourth-order valence-electron chi connectivity index (χ4n) is 1.94. The third-order valence-electron chi connectivity index (χ3n) is 2.98. The van der Waals surface area contributed by atoms with Crippen LogP contribution in [0.3, 0.4) is 0 Å². The van der Waals surface area contributed by atoms with E-state index in [0.717, 1.165) is 24.3 Å². The zero-order valence-corrected chi connectivity index (χ0v) is 13.6. The summed E-state index contributed by atoms with van der Waals surface area (Å²) < 4.78 is 37.6. The minimum absolute atomic E-state index is 0.114. The highest BCUT2D eigenvalue weighted by atomic mass is 19.4. The van der Waals surface area contributed by atoms with Gasteiger partial charge in [0, 0.05) is 17.6 Å². The molecule has 0 aliphatic rings. The Balaban J connectivity index is 2.82. The van der Waals surface area contributed by atoms with Gasteiger partial charge in [0.2, 0.25) is 5.91 Å². The Labute approximate surface area is 133 Å². The van der Waals surface area contributed by atoms with Gasteiger partial charge in [0.25, 0.3) is 5.91 Å². The Morgan fingerprint density at radius 3 is 2.00 bits per heavy atom. The second-order valence-corrected chi connectivity index (χ2v) is 6.19. The summed E-state index contributed by atoms with van der Waals surface area (Å²) >= 11 is 0. The van der Waals surface area contributed by atoms with Crippen LogP contribution in [0.1, 0.15) is 43.6 Å². The molecule has 0 heterocycles. The third kappa shape index (κ3) is 5.92. The van der Waals surface area contributed by atoms with Crippen molar-refractivity contribution in [2.75, 3.05) is 13.1 Å². The number of halogens is 3. The minimum atomic E-state index is -4.45. The summed E-state index contributed by atoms with van der Waals surface area (Å²) in [6.07, 6.45) is -4.45. The van der Waals surface area contributed by atoms with Gasteiger partial charge >= 0.3 is 6.18 Å². The predicted octanol–water partition coefficient (Wildman–Crippen LogP) is 3.08. The van der Waals surface area contributed by atoms with E-state index in [2.05, 4.69) is 5.32 Å². The third-order valence-corrected chi connectivity index (χ3v) is 2.98.